The second-order valence-corrected chi connectivity index (χ2v) is 7.40. The first-order chi connectivity index (χ1) is 14.4. The van der Waals surface area contributed by atoms with Crippen LogP contribution in [0.25, 0.3) is 10.9 Å². The van der Waals surface area contributed by atoms with E-state index >= 15 is 0 Å². The van der Waals surface area contributed by atoms with E-state index in [0.717, 1.165) is 30.2 Å². The van der Waals surface area contributed by atoms with Crippen LogP contribution >= 0.6 is 0 Å². The minimum absolute atomic E-state index is 0.137. The number of aryl methyl sites for hydroxylation is 1. The van der Waals surface area contributed by atoms with Crippen molar-refractivity contribution in [2.75, 3.05) is 30.4 Å². The van der Waals surface area contributed by atoms with Crippen LogP contribution in [0.3, 0.4) is 0 Å². The van der Waals surface area contributed by atoms with Crippen LogP contribution in [-0.4, -0.2) is 41.5 Å². The van der Waals surface area contributed by atoms with E-state index in [9.17, 15) is 13.2 Å². The number of methoxy groups -OCH3 is 1. The van der Waals surface area contributed by atoms with Crippen LogP contribution in [0.4, 0.5) is 24.7 Å². The Labute approximate surface area is 172 Å². The molecule has 0 spiro atoms. The number of hydrogen-bond donors (Lipinski definition) is 1. The molecule has 4 rings (SSSR count). The zero-order chi connectivity index (χ0) is 21.4. The van der Waals surface area contributed by atoms with E-state index in [-0.39, 0.29) is 11.7 Å². The molecule has 1 aliphatic rings. The lowest BCUT2D eigenvalue weighted by Crippen LogP contribution is -2.51. The van der Waals surface area contributed by atoms with Gasteiger partial charge in [0, 0.05) is 31.1 Å². The Morgan fingerprint density at radius 1 is 1.20 bits per heavy atom. The molecule has 1 fully saturated rings. The van der Waals surface area contributed by atoms with Gasteiger partial charge in [0.1, 0.15) is 5.82 Å². The molecule has 30 heavy (non-hydrogen) atoms. The third kappa shape index (κ3) is 3.65. The second-order valence-electron chi connectivity index (χ2n) is 7.40. The number of nitrogens with one attached hydrogen (secondary N) is 1. The smallest absolute Gasteiger partial charge is 0.266 e. The van der Waals surface area contributed by atoms with Gasteiger partial charge in [0.25, 0.3) is 6.43 Å². The Morgan fingerprint density at radius 3 is 2.63 bits per heavy atom. The SMILES string of the molecule is COC1CN(c2cnc3c(C)nnc(NC(C)c4cccc(C(F)F)c4F)c3c2)C1. The van der Waals surface area contributed by atoms with Gasteiger partial charge in [-0.05, 0) is 19.9 Å². The number of pyridine rings is 1. The number of nitrogens with zero attached hydrogens (tertiary/aromatic N) is 4. The normalized spacial score (nSPS) is 15.5. The third-order valence-corrected chi connectivity index (χ3v) is 5.43. The highest BCUT2D eigenvalue weighted by Gasteiger charge is 2.27. The average molecular weight is 417 g/mol. The van der Waals surface area contributed by atoms with E-state index in [4.69, 9.17) is 4.74 Å². The summed E-state index contributed by atoms with van der Waals surface area (Å²) in [6.45, 7) is 5.04. The van der Waals surface area contributed by atoms with E-state index in [2.05, 4.69) is 25.4 Å². The molecule has 0 radical (unpaired) electrons. The predicted molar refractivity (Wildman–Crippen MR) is 108 cm³/mol. The Hall–Kier alpha value is -2.94. The molecule has 1 N–H and O–H groups in total. The number of fused-ring (bicyclic) bond motifs is 1. The van der Waals surface area contributed by atoms with Crippen molar-refractivity contribution in [3.05, 3.63) is 53.1 Å². The molecule has 0 aliphatic carbocycles. The summed E-state index contributed by atoms with van der Waals surface area (Å²) in [5.74, 6) is -0.495. The Balaban J connectivity index is 1.67. The van der Waals surface area contributed by atoms with Crippen molar-refractivity contribution < 1.29 is 17.9 Å². The number of aromatic nitrogens is 3. The van der Waals surface area contributed by atoms with Crippen molar-refractivity contribution in [3.8, 4) is 0 Å². The highest BCUT2D eigenvalue weighted by molar-refractivity contribution is 5.92. The molecule has 0 saturated carbocycles. The lowest BCUT2D eigenvalue weighted by Gasteiger charge is -2.39. The lowest BCUT2D eigenvalue weighted by atomic mass is 10.0. The molecule has 1 saturated heterocycles. The Bertz CT molecular complexity index is 1070. The van der Waals surface area contributed by atoms with Gasteiger partial charge in [-0.15, -0.1) is 5.10 Å². The molecular weight excluding hydrogens is 395 g/mol. The molecule has 3 aromatic rings. The second kappa shape index (κ2) is 8.06. The van der Waals surface area contributed by atoms with E-state index in [1.165, 1.54) is 12.1 Å². The quantitative estimate of drug-likeness (QED) is 0.641. The third-order valence-electron chi connectivity index (χ3n) is 5.43. The highest BCUT2D eigenvalue weighted by atomic mass is 19.3. The first-order valence-electron chi connectivity index (χ1n) is 9.62. The fourth-order valence-corrected chi connectivity index (χ4v) is 3.58. The Morgan fingerprint density at radius 2 is 1.93 bits per heavy atom. The molecule has 1 aromatic carbocycles. The maximum atomic E-state index is 14.6. The van der Waals surface area contributed by atoms with Crippen molar-refractivity contribution in [2.24, 2.45) is 0 Å². The number of anilines is 2. The fourth-order valence-electron chi connectivity index (χ4n) is 3.58. The molecule has 9 heteroatoms. The molecule has 1 aliphatic heterocycles. The van der Waals surface area contributed by atoms with Gasteiger partial charge >= 0.3 is 0 Å². The summed E-state index contributed by atoms with van der Waals surface area (Å²) < 4.78 is 46.0. The van der Waals surface area contributed by atoms with Crippen LogP contribution in [0.2, 0.25) is 0 Å². The number of alkyl halides is 2. The number of rotatable bonds is 6. The number of hydrogen-bond acceptors (Lipinski definition) is 6. The van der Waals surface area contributed by atoms with E-state index in [1.54, 1.807) is 20.2 Å². The van der Waals surface area contributed by atoms with E-state index in [0.29, 0.717) is 17.0 Å². The van der Waals surface area contributed by atoms with Gasteiger partial charge in [-0.2, -0.15) is 5.10 Å². The zero-order valence-electron chi connectivity index (χ0n) is 16.9. The molecule has 2 aromatic heterocycles. The van der Waals surface area contributed by atoms with Gasteiger partial charge in [-0.1, -0.05) is 18.2 Å². The Kier molecular flexibility index (Phi) is 5.46. The average Bonchev–Trinajstić information content (AvgIpc) is 2.69. The summed E-state index contributed by atoms with van der Waals surface area (Å²) in [6.07, 6.45) is -0.904. The summed E-state index contributed by atoms with van der Waals surface area (Å²) in [4.78, 5) is 6.67. The minimum atomic E-state index is -2.88. The molecule has 6 nitrogen and oxygen atoms in total. The first kappa shape index (κ1) is 20.3. The molecule has 0 bridgehead atoms. The lowest BCUT2D eigenvalue weighted by molar-refractivity contribution is 0.0787. The summed E-state index contributed by atoms with van der Waals surface area (Å²) in [5, 5.41) is 12.2. The predicted octanol–water partition coefficient (Wildman–Crippen LogP) is 4.42. The van der Waals surface area contributed by atoms with Gasteiger partial charge in [0.15, 0.2) is 5.82 Å². The maximum absolute atomic E-state index is 14.6. The topological polar surface area (TPSA) is 63.2 Å². The maximum Gasteiger partial charge on any atom is 0.266 e. The number of halogens is 3. The van der Waals surface area contributed by atoms with Crippen LogP contribution in [0.1, 0.15) is 36.2 Å². The fraction of sp³-hybridized carbons (Fsp3) is 0.381. The van der Waals surface area contributed by atoms with Crippen molar-refractivity contribution in [1.29, 1.82) is 0 Å². The largest absolute Gasteiger partial charge is 0.378 e. The number of ether oxygens (including phenoxy) is 1. The minimum Gasteiger partial charge on any atom is -0.378 e. The zero-order valence-corrected chi connectivity index (χ0v) is 16.9. The van der Waals surface area contributed by atoms with Gasteiger partial charge in [-0.25, -0.2) is 13.2 Å². The molecule has 1 unspecified atom stereocenters. The van der Waals surface area contributed by atoms with E-state index < -0.39 is 23.8 Å². The van der Waals surface area contributed by atoms with Crippen LogP contribution < -0.4 is 10.2 Å². The van der Waals surface area contributed by atoms with Gasteiger partial charge < -0.3 is 15.0 Å². The molecular formula is C21H22F3N5O. The van der Waals surface area contributed by atoms with Crippen LogP contribution in [0.5, 0.6) is 0 Å². The summed E-state index contributed by atoms with van der Waals surface area (Å²) in [5.41, 5.74) is 1.78. The van der Waals surface area contributed by atoms with Gasteiger partial charge in [0.05, 0.1) is 40.8 Å². The van der Waals surface area contributed by atoms with Crippen molar-refractivity contribution >= 4 is 22.4 Å². The van der Waals surface area contributed by atoms with Crippen molar-refractivity contribution in [1.82, 2.24) is 15.2 Å². The van der Waals surface area contributed by atoms with Crippen LogP contribution in [0.15, 0.2) is 30.5 Å². The van der Waals surface area contributed by atoms with Crippen molar-refractivity contribution in [3.63, 3.8) is 0 Å². The van der Waals surface area contributed by atoms with Gasteiger partial charge in [-0.3, -0.25) is 4.98 Å². The molecule has 158 valence electrons. The summed E-state index contributed by atoms with van der Waals surface area (Å²) in [6, 6.07) is 5.35. The first-order valence-corrected chi connectivity index (χ1v) is 9.62. The standard InChI is InChI=1S/C21H22F3N5O/c1-11(15-5-4-6-16(18(15)22)20(23)24)26-21-17-7-13(29-9-14(10-29)30-3)8-25-19(17)12(2)27-28-21/h4-8,11,14,20H,9-10H2,1-3H3,(H,26,28). The van der Waals surface area contributed by atoms with Gasteiger partial charge in [0.2, 0.25) is 0 Å². The highest BCUT2D eigenvalue weighted by Crippen LogP contribution is 2.32. The van der Waals surface area contributed by atoms with Crippen molar-refractivity contribution in [2.45, 2.75) is 32.4 Å². The molecule has 1 atom stereocenters. The monoisotopic (exact) mass is 417 g/mol. The molecule has 0 amide bonds. The van der Waals surface area contributed by atoms with E-state index in [1.807, 2.05) is 13.0 Å². The van der Waals surface area contributed by atoms with Crippen LogP contribution in [0, 0.1) is 12.7 Å². The summed E-state index contributed by atoms with van der Waals surface area (Å²) >= 11 is 0. The summed E-state index contributed by atoms with van der Waals surface area (Å²) in [7, 11) is 1.69. The van der Waals surface area contributed by atoms with Crippen LogP contribution in [-0.2, 0) is 4.74 Å². The molecule has 3 heterocycles. The number of benzene rings is 1.